The van der Waals surface area contributed by atoms with Gasteiger partial charge in [0.15, 0.2) is 10.4 Å². The van der Waals surface area contributed by atoms with Crippen molar-refractivity contribution in [3.8, 4) is 11.7 Å². The minimum atomic E-state index is 0.340. The minimum absolute atomic E-state index is 0.340. The van der Waals surface area contributed by atoms with Crippen LogP contribution in [-0.2, 0) is 5.75 Å². The van der Waals surface area contributed by atoms with Crippen LogP contribution in [0.1, 0.15) is 17.3 Å². The molecule has 0 fully saturated rings. The van der Waals surface area contributed by atoms with Gasteiger partial charge in [-0.1, -0.05) is 11.8 Å². The summed E-state index contributed by atoms with van der Waals surface area (Å²) in [4.78, 5) is 8.77. The second-order valence-electron chi connectivity index (χ2n) is 5.04. The van der Waals surface area contributed by atoms with Crippen molar-refractivity contribution in [2.24, 2.45) is 0 Å². The number of fused-ring (bicyclic) bond motifs is 1. The zero-order valence-corrected chi connectivity index (χ0v) is 15.1. The van der Waals surface area contributed by atoms with E-state index in [-0.39, 0.29) is 0 Å². The van der Waals surface area contributed by atoms with Crippen molar-refractivity contribution in [2.75, 3.05) is 0 Å². The van der Waals surface area contributed by atoms with E-state index in [1.165, 1.54) is 11.8 Å². The number of thioether (sulfide) groups is 1. The highest BCUT2D eigenvalue weighted by Crippen LogP contribution is 2.26. The molecule has 0 aliphatic rings. The molecule has 0 aliphatic carbocycles. The smallest absolute Gasteiger partial charge is 0.283 e. The maximum atomic E-state index is 5.59. The van der Waals surface area contributed by atoms with Gasteiger partial charge >= 0.3 is 0 Å². The van der Waals surface area contributed by atoms with Crippen molar-refractivity contribution in [3.05, 3.63) is 40.1 Å². The van der Waals surface area contributed by atoms with E-state index in [0.29, 0.717) is 38.9 Å². The fourth-order valence-electron chi connectivity index (χ4n) is 2.18. The summed E-state index contributed by atoms with van der Waals surface area (Å²) in [5, 5.41) is 13.0. The van der Waals surface area contributed by atoms with Crippen LogP contribution in [0.3, 0.4) is 0 Å². The van der Waals surface area contributed by atoms with Gasteiger partial charge < -0.3 is 8.83 Å². The Balaban J connectivity index is 1.51. The van der Waals surface area contributed by atoms with E-state index in [4.69, 9.17) is 8.83 Å². The van der Waals surface area contributed by atoms with Crippen LogP contribution in [0.4, 0.5) is 0 Å². The Morgan fingerprint density at radius 3 is 2.83 bits per heavy atom. The first-order valence-corrected chi connectivity index (χ1v) is 8.78. The maximum Gasteiger partial charge on any atom is 0.283 e. The number of aryl methyl sites for hydroxylation is 2. The van der Waals surface area contributed by atoms with E-state index in [2.05, 4.69) is 41.2 Å². The molecule has 0 N–H and O–H groups in total. The molecule has 4 aromatic rings. The van der Waals surface area contributed by atoms with Crippen molar-refractivity contribution >= 4 is 33.5 Å². The van der Waals surface area contributed by atoms with Gasteiger partial charge in [-0.25, -0.2) is 9.50 Å². The Kier molecular flexibility index (Phi) is 3.85. The molecule has 0 spiro atoms. The Morgan fingerprint density at radius 1 is 1.17 bits per heavy atom. The number of aromatic nitrogens is 6. The van der Waals surface area contributed by atoms with Gasteiger partial charge in [0.25, 0.3) is 11.7 Å². The highest BCUT2D eigenvalue weighted by atomic mass is 79.9. The maximum absolute atomic E-state index is 5.59. The van der Waals surface area contributed by atoms with Gasteiger partial charge in [-0.15, -0.1) is 15.3 Å². The van der Waals surface area contributed by atoms with Crippen molar-refractivity contribution in [1.82, 2.24) is 29.8 Å². The molecule has 8 nitrogen and oxygen atoms in total. The van der Waals surface area contributed by atoms with Gasteiger partial charge in [0, 0.05) is 11.4 Å². The average molecular weight is 407 g/mol. The molecule has 4 heterocycles. The van der Waals surface area contributed by atoms with Crippen molar-refractivity contribution in [2.45, 2.75) is 24.8 Å². The topological polar surface area (TPSA) is 95.1 Å². The Labute approximate surface area is 148 Å². The van der Waals surface area contributed by atoms with Gasteiger partial charge in [-0.2, -0.15) is 4.98 Å². The molecule has 24 heavy (non-hydrogen) atoms. The largest absolute Gasteiger partial charge is 0.444 e. The highest BCUT2D eigenvalue weighted by Gasteiger charge is 2.14. The second kappa shape index (κ2) is 6.02. The normalized spacial score (nSPS) is 11.5. The average Bonchev–Trinajstić information content (AvgIpc) is 3.23. The molecule has 122 valence electrons. The summed E-state index contributed by atoms with van der Waals surface area (Å²) >= 11 is 4.65. The Hall–Kier alpha value is -2.20. The van der Waals surface area contributed by atoms with Crippen LogP contribution >= 0.6 is 27.7 Å². The molecule has 4 rings (SSSR count). The van der Waals surface area contributed by atoms with Crippen molar-refractivity contribution < 1.29 is 8.83 Å². The summed E-state index contributed by atoms with van der Waals surface area (Å²) in [6.07, 6.45) is 0. The van der Waals surface area contributed by atoms with E-state index in [1.54, 1.807) is 16.6 Å². The molecule has 0 aliphatic heterocycles. The van der Waals surface area contributed by atoms with Gasteiger partial charge in [0.2, 0.25) is 11.0 Å². The predicted molar refractivity (Wildman–Crippen MR) is 89.5 cm³/mol. The summed E-state index contributed by atoms with van der Waals surface area (Å²) in [6.45, 7) is 3.90. The van der Waals surface area contributed by atoms with Gasteiger partial charge in [-0.05, 0) is 48.0 Å². The first kappa shape index (κ1) is 15.3. The number of nitrogens with zero attached hydrogens (tertiary/aromatic N) is 6. The highest BCUT2D eigenvalue weighted by molar-refractivity contribution is 9.10. The molecule has 0 bridgehead atoms. The number of furan rings is 1. The molecule has 0 saturated heterocycles. The van der Waals surface area contributed by atoms with E-state index in [1.807, 2.05) is 19.9 Å². The molecule has 0 saturated carbocycles. The van der Waals surface area contributed by atoms with Gasteiger partial charge in [0.1, 0.15) is 0 Å². The van der Waals surface area contributed by atoms with Crippen molar-refractivity contribution in [1.29, 1.82) is 0 Å². The summed E-state index contributed by atoms with van der Waals surface area (Å²) in [6, 6.07) is 5.49. The van der Waals surface area contributed by atoms with Gasteiger partial charge in [-0.3, -0.25) is 0 Å². The molecule has 0 radical (unpaired) electrons. The van der Waals surface area contributed by atoms with E-state index in [0.717, 1.165) is 11.4 Å². The first-order chi connectivity index (χ1) is 11.6. The lowest BCUT2D eigenvalue weighted by Crippen LogP contribution is -1.97. The number of halogens is 1. The standard InChI is InChI=1S/C14H11BrN6O2S/c1-7-5-8(2)21-13(16-7)17-14(20-21)24-6-11-18-19-12(23-11)9-3-4-10(15)22-9/h3-5H,6H2,1-2H3. The molecule has 4 aromatic heterocycles. The Bertz CT molecular complexity index is 1020. The summed E-state index contributed by atoms with van der Waals surface area (Å²) in [5.41, 5.74) is 1.90. The third-order valence-corrected chi connectivity index (χ3v) is 4.42. The SMILES string of the molecule is Cc1cc(C)n2nc(SCc3nnc(-c4ccc(Br)o4)o3)nc2n1. The van der Waals surface area contributed by atoms with Crippen LogP contribution in [0.25, 0.3) is 17.4 Å². The van der Waals surface area contributed by atoms with E-state index < -0.39 is 0 Å². The zero-order chi connectivity index (χ0) is 16.7. The molecular formula is C14H11BrN6O2S. The minimum Gasteiger partial charge on any atom is -0.444 e. The Morgan fingerprint density at radius 2 is 2.04 bits per heavy atom. The van der Waals surface area contributed by atoms with Crippen LogP contribution < -0.4 is 0 Å². The molecule has 0 unspecified atom stereocenters. The number of hydrogen-bond acceptors (Lipinski definition) is 8. The lowest BCUT2D eigenvalue weighted by atomic mass is 10.4. The van der Waals surface area contributed by atoms with E-state index in [9.17, 15) is 0 Å². The van der Waals surface area contributed by atoms with Gasteiger partial charge in [0.05, 0.1) is 5.75 Å². The molecule has 0 amide bonds. The van der Waals surface area contributed by atoms with Crippen LogP contribution in [-0.4, -0.2) is 29.8 Å². The summed E-state index contributed by atoms with van der Waals surface area (Å²) in [7, 11) is 0. The number of hydrogen-bond donors (Lipinski definition) is 0. The quantitative estimate of drug-likeness (QED) is 0.475. The monoisotopic (exact) mass is 406 g/mol. The van der Waals surface area contributed by atoms with E-state index >= 15 is 0 Å². The lowest BCUT2D eigenvalue weighted by molar-refractivity contribution is 0.486. The van der Waals surface area contributed by atoms with Crippen LogP contribution in [0.2, 0.25) is 0 Å². The predicted octanol–water partition coefficient (Wildman–Crippen LogP) is 3.44. The molecular weight excluding hydrogens is 396 g/mol. The third kappa shape index (κ3) is 2.94. The first-order valence-electron chi connectivity index (χ1n) is 7.00. The molecule has 10 heteroatoms. The molecule has 0 atom stereocenters. The van der Waals surface area contributed by atoms with Crippen LogP contribution in [0.5, 0.6) is 0 Å². The number of rotatable bonds is 4. The fourth-order valence-corrected chi connectivity index (χ4v) is 3.14. The second-order valence-corrected chi connectivity index (χ2v) is 6.76. The lowest BCUT2D eigenvalue weighted by Gasteiger charge is -1.97. The fraction of sp³-hybridized carbons (Fsp3) is 0.214. The summed E-state index contributed by atoms with van der Waals surface area (Å²) < 4.78 is 13.3. The van der Waals surface area contributed by atoms with Crippen LogP contribution in [0, 0.1) is 13.8 Å². The zero-order valence-electron chi connectivity index (χ0n) is 12.7. The third-order valence-electron chi connectivity index (χ3n) is 3.17. The van der Waals surface area contributed by atoms with Crippen molar-refractivity contribution in [3.63, 3.8) is 0 Å². The molecule has 0 aromatic carbocycles. The summed E-state index contributed by atoms with van der Waals surface area (Å²) in [5.74, 6) is 2.38. The van der Waals surface area contributed by atoms with Crippen LogP contribution in [0.15, 0.2) is 36.9 Å².